The molecule has 2 aromatic carbocycles. The summed E-state index contributed by atoms with van der Waals surface area (Å²) >= 11 is 0. The molecule has 0 saturated carbocycles. The van der Waals surface area contributed by atoms with E-state index in [1.807, 2.05) is 0 Å². The van der Waals surface area contributed by atoms with Gasteiger partial charge in [0.1, 0.15) is 0 Å². The van der Waals surface area contributed by atoms with Crippen molar-refractivity contribution in [2.24, 2.45) is 0 Å². The van der Waals surface area contributed by atoms with Crippen LogP contribution in [0.3, 0.4) is 0 Å². The van der Waals surface area contributed by atoms with Crippen molar-refractivity contribution < 1.29 is 4.43 Å². The third kappa shape index (κ3) is 2.02. The van der Waals surface area contributed by atoms with Crippen LogP contribution in [0.5, 0.6) is 0 Å². The maximum absolute atomic E-state index is 6.38. The summed E-state index contributed by atoms with van der Waals surface area (Å²) in [6, 6.07) is 22.9. The minimum Gasteiger partial charge on any atom is -0.408 e. The van der Waals surface area contributed by atoms with Crippen molar-refractivity contribution in [1.29, 1.82) is 0 Å². The van der Waals surface area contributed by atoms with Gasteiger partial charge in [0, 0.05) is 6.61 Å². The molecule has 0 N–H and O–H groups in total. The summed E-state index contributed by atoms with van der Waals surface area (Å²) in [7, 11) is -1.93. The van der Waals surface area contributed by atoms with E-state index in [2.05, 4.69) is 60.7 Å². The van der Waals surface area contributed by atoms with Crippen LogP contribution in [0.2, 0.25) is 6.04 Å². The zero-order chi connectivity index (χ0) is 12.3. The summed E-state index contributed by atoms with van der Waals surface area (Å²) in [4.78, 5) is 0. The van der Waals surface area contributed by atoms with Crippen LogP contribution >= 0.6 is 0 Å². The van der Waals surface area contributed by atoms with Crippen molar-refractivity contribution >= 4 is 18.7 Å². The Labute approximate surface area is 110 Å². The summed E-state index contributed by atoms with van der Waals surface area (Å²) < 4.78 is 6.38. The zero-order valence-corrected chi connectivity index (χ0v) is 11.5. The van der Waals surface area contributed by atoms with E-state index in [4.69, 9.17) is 4.43 Å². The topological polar surface area (TPSA) is 9.23 Å². The molecule has 1 aliphatic rings. The molecule has 0 radical (unpaired) electrons. The first kappa shape index (κ1) is 11.7. The minimum absolute atomic E-state index is 0.913. The van der Waals surface area contributed by atoms with Gasteiger partial charge in [-0.2, -0.15) is 0 Å². The molecule has 0 aromatic heterocycles. The number of hydrogen-bond acceptors (Lipinski definition) is 1. The molecule has 0 spiro atoms. The molecule has 1 fully saturated rings. The maximum atomic E-state index is 6.38. The van der Waals surface area contributed by atoms with Gasteiger partial charge in [-0.3, -0.25) is 0 Å². The van der Waals surface area contributed by atoms with Crippen LogP contribution in [0.4, 0.5) is 0 Å². The molecule has 18 heavy (non-hydrogen) atoms. The van der Waals surface area contributed by atoms with E-state index in [0.717, 1.165) is 6.61 Å². The highest BCUT2D eigenvalue weighted by Gasteiger charge is 2.40. The van der Waals surface area contributed by atoms with Crippen molar-refractivity contribution in [3.8, 4) is 0 Å². The second kappa shape index (κ2) is 5.08. The van der Waals surface area contributed by atoms with Crippen LogP contribution in [0, 0.1) is 0 Å². The summed E-state index contributed by atoms with van der Waals surface area (Å²) in [5, 5.41) is 2.83. The second-order valence-corrected chi connectivity index (χ2v) is 8.46. The highest BCUT2D eigenvalue weighted by atomic mass is 28.4. The monoisotopic (exact) mass is 254 g/mol. The fourth-order valence-electron chi connectivity index (χ4n) is 2.83. The molecule has 3 rings (SSSR count). The lowest BCUT2D eigenvalue weighted by atomic mass is 10.3. The van der Waals surface area contributed by atoms with Crippen LogP contribution in [-0.2, 0) is 4.43 Å². The SMILES string of the molecule is c1ccc([Si]2(c3ccccc3)CCCCO2)cc1. The van der Waals surface area contributed by atoms with Crippen molar-refractivity contribution in [2.75, 3.05) is 6.61 Å². The van der Waals surface area contributed by atoms with Gasteiger partial charge in [-0.05, 0) is 22.8 Å². The highest BCUT2D eigenvalue weighted by Crippen LogP contribution is 2.21. The molecule has 1 heterocycles. The van der Waals surface area contributed by atoms with Crippen LogP contribution < -0.4 is 10.4 Å². The maximum Gasteiger partial charge on any atom is 0.255 e. The summed E-state index contributed by atoms with van der Waals surface area (Å²) in [6.45, 7) is 0.913. The van der Waals surface area contributed by atoms with Crippen molar-refractivity contribution in [3.63, 3.8) is 0 Å². The predicted octanol–water partition coefficient (Wildman–Crippen LogP) is 2.56. The Kier molecular flexibility index (Phi) is 3.30. The van der Waals surface area contributed by atoms with Gasteiger partial charge < -0.3 is 4.43 Å². The Hall–Kier alpha value is -1.38. The Morgan fingerprint density at radius 2 is 1.28 bits per heavy atom. The van der Waals surface area contributed by atoms with Crippen LogP contribution in [-0.4, -0.2) is 14.9 Å². The molecule has 0 atom stereocenters. The van der Waals surface area contributed by atoms with Gasteiger partial charge in [0.05, 0.1) is 0 Å². The largest absolute Gasteiger partial charge is 0.408 e. The van der Waals surface area contributed by atoms with E-state index < -0.39 is 8.32 Å². The summed E-state index contributed by atoms with van der Waals surface area (Å²) in [5.74, 6) is 0. The lowest BCUT2D eigenvalue weighted by molar-refractivity contribution is 0.284. The van der Waals surface area contributed by atoms with Crippen LogP contribution in [0.15, 0.2) is 60.7 Å². The van der Waals surface area contributed by atoms with Gasteiger partial charge in [-0.25, -0.2) is 0 Å². The summed E-state index contributed by atoms with van der Waals surface area (Å²) in [5.41, 5.74) is 0. The molecular formula is C16H18OSi. The molecule has 1 aliphatic heterocycles. The first-order chi connectivity index (χ1) is 8.92. The molecule has 1 saturated heterocycles. The Morgan fingerprint density at radius 3 is 1.72 bits per heavy atom. The van der Waals surface area contributed by atoms with Gasteiger partial charge in [-0.15, -0.1) is 0 Å². The van der Waals surface area contributed by atoms with Gasteiger partial charge in [-0.1, -0.05) is 67.1 Å². The Bertz CT molecular complexity index is 448. The number of rotatable bonds is 2. The molecular weight excluding hydrogens is 236 g/mol. The molecule has 0 aliphatic carbocycles. The lowest BCUT2D eigenvalue weighted by Gasteiger charge is -2.35. The molecule has 0 unspecified atom stereocenters. The van der Waals surface area contributed by atoms with Crippen LogP contribution in [0.1, 0.15) is 12.8 Å². The van der Waals surface area contributed by atoms with E-state index >= 15 is 0 Å². The average molecular weight is 254 g/mol. The van der Waals surface area contributed by atoms with Gasteiger partial charge in [0.15, 0.2) is 0 Å². The first-order valence-corrected chi connectivity index (χ1v) is 8.78. The normalized spacial score (nSPS) is 18.4. The van der Waals surface area contributed by atoms with Crippen LogP contribution in [0.25, 0.3) is 0 Å². The van der Waals surface area contributed by atoms with E-state index in [0.29, 0.717) is 0 Å². The van der Waals surface area contributed by atoms with Gasteiger partial charge in [0.2, 0.25) is 0 Å². The molecule has 2 aromatic rings. The first-order valence-electron chi connectivity index (χ1n) is 6.67. The highest BCUT2D eigenvalue weighted by molar-refractivity contribution is 6.97. The van der Waals surface area contributed by atoms with Gasteiger partial charge in [0.25, 0.3) is 8.32 Å². The van der Waals surface area contributed by atoms with Crippen molar-refractivity contribution in [2.45, 2.75) is 18.9 Å². The average Bonchev–Trinajstić information content (AvgIpc) is 2.50. The molecule has 0 bridgehead atoms. The molecule has 2 heteroatoms. The molecule has 92 valence electrons. The van der Waals surface area contributed by atoms with Crippen molar-refractivity contribution in [1.82, 2.24) is 0 Å². The third-order valence-corrected chi connectivity index (χ3v) is 8.04. The van der Waals surface area contributed by atoms with Gasteiger partial charge >= 0.3 is 0 Å². The Balaban J connectivity index is 2.10. The predicted molar refractivity (Wildman–Crippen MR) is 77.9 cm³/mol. The smallest absolute Gasteiger partial charge is 0.255 e. The van der Waals surface area contributed by atoms with Crippen molar-refractivity contribution in [3.05, 3.63) is 60.7 Å². The number of benzene rings is 2. The molecule has 0 amide bonds. The number of hydrogen-bond donors (Lipinski definition) is 0. The summed E-state index contributed by atoms with van der Waals surface area (Å²) in [6.07, 6.45) is 2.49. The third-order valence-electron chi connectivity index (χ3n) is 3.75. The molecule has 1 nitrogen and oxygen atoms in total. The zero-order valence-electron chi connectivity index (χ0n) is 10.5. The quantitative estimate of drug-likeness (QED) is 0.748. The standard InChI is InChI=1S/C16H18OSi/c1-3-9-15(10-4-1)18(14-8-7-13-17-18)16-11-5-2-6-12-16/h1-6,9-12H,7-8,13-14H2. The van der Waals surface area contributed by atoms with E-state index in [1.165, 1.54) is 29.3 Å². The minimum atomic E-state index is -1.93. The van der Waals surface area contributed by atoms with E-state index in [1.54, 1.807) is 0 Å². The van der Waals surface area contributed by atoms with E-state index in [-0.39, 0.29) is 0 Å². The second-order valence-electron chi connectivity index (χ2n) is 4.86. The fourth-order valence-corrected chi connectivity index (χ4v) is 6.92. The lowest BCUT2D eigenvalue weighted by Crippen LogP contribution is -2.62. The Morgan fingerprint density at radius 1 is 0.722 bits per heavy atom. The van der Waals surface area contributed by atoms with E-state index in [9.17, 15) is 0 Å². The fraction of sp³-hybridized carbons (Fsp3) is 0.250.